The molecule has 10 nitrogen and oxygen atoms in total. The summed E-state index contributed by atoms with van der Waals surface area (Å²) in [5.74, 6) is -1.16. The van der Waals surface area contributed by atoms with Gasteiger partial charge in [-0.1, -0.05) is 36.4 Å². The number of hydrogen-bond acceptors (Lipinski definition) is 10. The van der Waals surface area contributed by atoms with Gasteiger partial charge in [0.05, 0.1) is 26.4 Å². The van der Waals surface area contributed by atoms with Crippen LogP contribution in [0.5, 0.6) is 5.75 Å². The molecule has 40 heavy (non-hydrogen) atoms. The number of thiazole rings is 1. The molecule has 0 radical (unpaired) electrons. The molecule has 4 aromatic carbocycles. The van der Waals surface area contributed by atoms with Gasteiger partial charge in [0.2, 0.25) is 0 Å². The van der Waals surface area contributed by atoms with Crippen molar-refractivity contribution in [2.24, 2.45) is 4.99 Å². The van der Waals surface area contributed by atoms with Gasteiger partial charge in [-0.25, -0.2) is 14.6 Å². The third-order valence-corrected chi connectivity index (χ3v) is 8.39. The second-order valence-electron chi connectivity index (χ2n) is 8.78. The van der Waals surface area contributed by atoms with Crippen molar-refractivity contribution in [3.8, 4) is 5.75 Å². The van der Waals surface area contributed by atoms with E-state index in [0.29, 0.717) is 27.0 Å². The molecule has 2 heterocycles. The Labute approximate surface area is 234 Å². The van der Waals surface area contributed by atoms with Crippen molar-refractivity contribution in [3.63, 3.8) is 0 Å². The van der Waals surface area contributed by atoms with Crippen molar-refractivity contribution in [1.82, 2.24) is 4.98 Å². The number of hydrogen-bond donors (Lipinski definition) is 2. The Morgan fingerprint density at radius 3 is 2.65 bits per heavy atom. The summed E-state index contributed by atoms with van der Waals surface area (Å²) >= 11 is 2.64. The topological polar surface area (TPSA) is 144 Å². The number of carboxylic acid groups (broad SMARTS) is 1. The minimum Gasteiger partial charge on any atom is -0.480 e. The summed E-state index contributed by atoms with van der Waals surface area (Å²) < 4.78 is 6.37. The first-order valence-electron chi connectivity index (χ1n) is 12.0. The van der Waals surface area contributed by atoms with Gasteiger partial charge in [-0.3, -0.25) is 15.1 Å². The minimum absolute atomic E-state index is 0.00338. The molecule has 1 aliphatic rings. The number of benzene rings is 4. The van der Waals surface area contributed by atoms with Crippen LogP contribution in [0.3, 0.4) is 0 Å². The maximum absolute atomic E-state index is 13.3. The number of ether oxygens (including phenoxy) is 1. The van der Waals surface area contributed by atoms with Crippen LogP contribution in [-0.4, -0.2) is 43.8 Å². The van der Waals surface area contributed by atoms with Crippen molar-refractivity contribution >= 4 is 78.1 Å². The van der Waals surface area contributed by atoms with Gasteiger partial charge in [-0.2, -0.15) is 0 Å². The third-order valence-electron chi connectivity index (χ3n) is 6.18. The van der Waals surface area contributed by atoms with Gasteiger partial charge in [0, 0.05) is 35.0 Å². The molecule has 2 N–H and O–H groups in total. The Morgan fingerprint density at radius 2 is 1.85 bits per heavy atom. The van der Waals surface area contributed by atoms with E-state index in [1.165, 1.54) is 41.3 Å². The maximum Gasteiger partial charge on any atom is 0.345 e. The lowest BCUT2D eigenvalue weighted by Crippen LogP contribution is -2.17. The molecule has 0 saturated carbocycles. The molecule has 0 saturated heterocycles. The number of rotatable bonds is 7. The van der Waals surface area contributed by atoms with Crippen LogP contribution in [0.25, 0.3) is 21.0 Å². The maximum atomic E-state index is 13.3. The Morgan fingerprint density at radius 1 is 1.02 bits per heavy atom. The van der Waals surface area contributed by atoms with Crippen LogP contribution in [0.1, 0.15) is 15.4 Å². The smallest absolute Gasteiger partial charge is 0.345 e. The molecular formula is C28H18N4O6S2. The average Bonchev–Trinajstić information content (AvgIpc) is 3.61. The summed E-state index contributed by atoms with van der Waals surface area (Å²) in [5.41, 5.74) is 1.50. The number of aliphatic imine (C=N–C) groups is 1. The molecule has 0 fully saturated rings. The number of nitrogens with one attached hydrogen (secondary N) is 1. The zero-order valence-electron chi connectivity index (χ0n) is 20.4. The first-order valence-corrected chi connectivity index (χ1v) is 13.8. The number of non-ortho nitro benzene ring substituents is 1. The van der Waals surface area contributed by atoms with Crippen LogP contribution in [0.4, 0.5) is 17.1 Å². The van der Waals surface area contributed by atoms with Crippen molar-refractivity contribution in [2.45, 2.75) is 6.04 Å². The lowest BCUT2D eigenvalue weighted by atomic mass is 10.1. The fourth-order valence-electron chi connectivity index (χ4n) is 4.24. The first-order chi connectivity index (χ1) is 19.4. The standard InChI is InChI=1S/C28H18N4O6S2/c33-27(34)23-14-39-25(31-23)26-30-22-11-9-17(13-24(22)40-26)38-28(35)19-12-16(32(36)37)8-10-21(19)29-20-7-3-5-15-4-1-2-6-18(15)20/h1-13,23,29H,14H2,(H,33,34)/t23-/m1/s1. The van der Waals surface area contributed by atoms with Crippen LogP contribution >= 0.6 is 23.1 Å². The number of carbonyl (C=O) groups excluding carboxylic acids is 1. The number of nitro benzene ring substituents is 1. The van der Waals surface area contributed by atoms with E-state index in [-0.39, 0.29) is 17.0 Å². The predicted octanol–water partition coefficient (Wildman–Crippen LogP) is 6.27. The van der Waals surface area contributed by atoms with E-state index in [1.54, 1.807) is 18.2 Å². The van der Waals surface area contributed by atoms with Gasteiger partial charge >= 0.3 is 11.9 Å². The summed E-state index contributed by atoms with van der Waals surface area (Å²) in [4.78, 5) is 44.2. The molecule has 1 atom stereocenters. The van der Waals surface area contributed by atoms with E-state index in [0.717, 1.165) is 21.2 Å². The summed E-state index contributed by atoms with van der Waals surface area (Å²) in [7, 11) is 0. The molecule has 0 bridgehead atoms. The monoisotopic (exact) mass is 570 g/mol. The number of nitro groups is 1. The molecule has 1 aliphatic heterocycles. The SMILES string of the molecule is O=C(Oc1ccc2nc(C3=N[C@@H](C(=O)O)CS3)sc2c1)c1cc([N+](=O)[O-])ccc1Nc1cccc2ccccc12. The van der Waals surface area contributed by atoms with Crippen LogP contribution in [0.15, 0.2) is 83.9 Å². The first kappa shape index (κ1) is 25.5. The van der Waals surface area contributed by atoms with Crippen LogP contribution < -0.4 is 10.1 Å². The molecule has 0 aliphatic carbocycles. The molecule has 198 valence electrons. The van der Waals surface area contributed by atoms with Gasteiger partial charge in [-0.05, 0) is 29.7 Å². The van der Waals surface area contributed by atoms with Crippen molar-refractivity contribution in [1.29, 1.82) is 0 Å². The molecule has 1 aromatic heterocycles. The fourth-order valence-corrected chi connectivity index (χ4v) is 6.33. The Kier molecular flexibility index (Phi) is 6.62. The van der Waals surface area contributed by atoms with Gasteiger partial charge in [-0.15, -0.1) is 23.1 Å². The molecule has 12 heteroatoms. The lowest BCUT2D eigenvalue weighted by Gasteiger charge is -2.14. The highest BCUT2D eigenvalue weighted by Gasteiger charge is 2.27. The van der Waals surface area contributed by atoms with E-state index in [1.807, 2.05) is 42.5 Å². The number of thioether (sulfide) groups is 1. The molecule has 6 rings (SSSR count). The molecule has 0 amide bonds. The Balaban J connectivity index is 1.30. The quantitative estimate of drug-likeness (QED) is 0.100. The minimum atomic E-state index is -0.978. The molecule has 0 unspecified atom stereocenters. The van der Waals surface area contributed by atoms with Gasteiger partial charge in [0.25, 0.3) is 5.69 Å². The number of nitrogens with zero attached hydrogens (tertiary/aromatic N) is 3. The van der Waals surface area contributed by atoms with Crippen LogP contribution in [-0.2, 0) is 4.79 Å². The van der Waals surface area contributed by atoms with Gasteiger partial charge < -0.3 is 15.2 Å². The zero-order valence-corrected chi connectivity index (χ0v) is 22.1. The lowest BCUT2D eigenvalue weighted by molar-refractivity contribution is -0.384. The largest absolute Gasteiger partial charge is 0.480 e. The van der Waals surface area contributed by atoms with E-state index >= 15 is 0 Å². The van der Waals surface area contributed by atoms with Crippen molar-refractivity contribution in [3.05, 3.63) is 99.5 Å². The number of carbonyl (C=O) groups is 2. The van der Waals surface area contributed by atoms with E-state index in [9.17, 15) is 24.8 Å². The van der Waals surface area contributed by atoms with Crippen LogP contribution in [0, 0.1) is 10.1 Å². The average molecular weight is 571 g/mol. The zero-order chi connectivity index (χ0) is 27.8. The summed E-state index contributed by atoms with van der Waals surface area (Å²) in [5, 5.41) is 27.0. The third kappa shape index (κ3) is 4.97. The number of esters is 1. The summed E-state index contributed by atoms with van der Waals surface area (Å²) in [6, 6.07) is 21.6. The number of anilines is 2. The second-order valence-corrected chi connectivity index (χ2v) is 10.8. The number of aliphatic carboxylic acids is 1. The van der Waals surface area contributed by atoms with E-state index in [2.05, 4.69) is 15.3 Å². The predicted molar refractivity (Wildman–Crippen MR) is 155 cm³/mol. The molecule has 5 aromatic rings. The Hall–Kier alpha value is -4.81. The second kappa shape index (κ2) is 10.4. The molecular weight excluding hydrogens is 552 g/mol. The summed E-state index contributed by atoms with van der Waals surface area (Å²) in [6.07, 6.45) is 0. The normalized spacial score (nSPS) is 14.7. The highest BCUT2D eigenvalue weighted by atomic mass is 32.2. The van der Waals surface area contributed by atoms with Gasteiger partial charge in [0.15, 0.2) is 6.04 Å². The number of fused-ring (bicyclic) bond motifs is 2. The van der Waals surface area contributed by atoms with Crippen molar-refractivity contribution < 1.29 is 24.4 Å². The Bertz CT molecular complexity index is 1860. The fraction of sp³-hybridized carbons (Fsp3) is 0.0714. The van der Waals surface area contributed by atoms with E-state index in [4.69, 9.17) is 4.74 Å². The molecule has 0 spiro atoms. The highest BCUT2D eigenvalue weighted by Crippen LogP contribution is 2.33. The number of aromatic nitrogens is 1. The van der Waals surface area contributed by atoms with Gasteiger partial charge in [0.1, 0.15) is 15.8 Å². The number of carboxylic acids is 1. The van der Waals surface area contributed by atoms with Crippen molar-refractivity contribution in [2.75, 3.05) is 11.1 Å². The summed E-state index contributed by atoms with van der Waals surface area (Å²) in [6.45, 7) is 0. The van der Waals surface area contributed by atoms with E-state index < -0.39 is 22.9 Å². The van der Waals surface area contributed by atoms with Crippen LogP contribution in [0.2, 0.25) is 0 Å². The highest BCUT2D eigenvalue weighted by molar-refractivity contribution is 8.15.